The number of carboxylic acid groups (broad SMARTS) is 1. The number of hydrogen-bond donors (Lipinski definition) is 2. The monoisotopic (exact) mass is 257 g/mol. The summed E-state index contributed by atoms with van der Waals surface area (Å²) < 4.78 is 13.2. The van der Waals surface area contributed by atoms with Crippen LogP contribution < -0.4 is 5.32 Å². The highest BCUT2D eigenvalue weighted by Crippen LogP contribution is 2.20. The Labute approximate surface area is 102 Å². The van der Waals surface area contributed by atoms with E-state index in [9.17, 15) is 14.0 Å². The van der Waals surface area contributed by atoms with E-state index in [1.54, 1.807) is 6.26 Å². The molecule has 0 bridgehead atoms. The highest BCUT2D eigenvalue weighted by atomic mass is 32.2. The second-order valence-corrected chi connectivity index (χ2v) is 4.23. The Bertz CT molecular complexity index is 450. The number of carbonyl (C=O) groups excluding carboxylic acids is 1. The Kier molecular flexibility index (Phi) is 4.51. The number of halogens is 1. The summed E-state index contributed by atoms with van der Waals surface area (Å²) in [5.41, 5.74) is 0.240. The highest BCUT2D eigenvalue weighted by molar-refractivity contribution is 7.98. The standard InChI is InChI=1S/C11H12FNO3S/c1-6(11(15)16)13-10(14)7-3-4-8(12)9(5-7)17-2/h3-6H,1-2H3,(H,13,14)(H,15,16)/t6-/m1/s1. The van der Waals surface area contributed by atoms with Crippen LogP contribution in [-0.2, 0) is 4.79 Å². The average molecular weight is 257 g/mol. The molecule has 0 aliphatic heterocycles. The van der Waals surface area contributed by atoms with Crippen molar-refractivity contribution in [2.45, 2.75) is 17.9 Å². The van der Waals surface area contributed by atoms with Crippen LogP contribution in [-0.4, -0.2) is 29.3 Å². The molecule has 1 atom stereocenters. The molecule has 6 heteroatoms. The minimum atomic E-state index is -1.12. The molecule has 1 aromatic carbocycles. The quantitative estimate of drug-likeness (QED) is 0.806. The molecule has 0 fully saturated rings. The number of benzene rings is 1. The minimum absolute atomic E-state index is 0.240. The molecule has 92 valence electrons. The van der Waals surface area contributed by atoms with Gasteiger partial charge in [-0.2, -0.15) is 0 Å². The molecule has 1 aromatic rings. The largest absolute Gasteiger partial charge is 0.480 e. The highest BCUT2D eigenvalue weighted by Gasteiger charge is 2.16. The van der Waals surface area contributed by atoms with Gasteiger partial charge in [-0.15, -0.1) is 11.8 Å². The Morgan fingerprint density at radius 1 is 1.47 bits per heavy atom. The summed E-state index contributed by atoms with van der Waals surface area (Å²) in [5, 5.41) is 10.9. The van der Waals surface area contributed by atoms with Crippen LogP contribution in [0.25, 0.3) is 0 Å². The van der Waals surface area contributed by atoms with Crippen LogP contribution >= 0.6 is 11.8 Å². The van der Waals surface area contributed by atoms with E-state index < -0.39 is 23.7 Å². The third kappa shape index (κ3) is 3.45. The lowest BCUT2D eigenvalue weighted by Crippen LogP contribution is -2.38. The molecule has 4 nitrogen and oxygen atoms in total. The number of thioether (sulfide) groups is 1. The van der Waals surface area contributed by atoms with E-state index in [0.717, 1.165) is 0 Å². The molecule has 1 rings (SSSR count). The van der Waals surface area contributed by atoms with Crippen LogP contribution in [0.1, 0.15) is 17.3 Å². The summed E-state index contributed by atoms with van der Waals surface area (Å²) >= 11 is 1.18. The first-order valence-electron chi connectivity index (χ1n) is 4.83. The van der Waals surface area contributed by atoms with Crippen LogP contribution in [0.3, 0.4) is 0 Å². The fraction of sp³-hybridized carbons (Fsp3) is 0.273. The van der Waals surface area contributed by atoms with E-state index in [1.807, 2.05) is 0 Å². The summed E-state index contributed by atoms with van der Waals surface area (Å²) in [6.07, 6.45) is 1.69. The number of aliphatic carboxylic acids is 1. The lowest BCUT2D eigenvalue weighted by atomic mass is 10.2. The van der Waals surface area contributed by atoms with Crippen molar-refractivity contribution in [1.82, 2.24) is 5.32 Å². The van der Waals surface area contributed by atoms with Crippen molar-refractivity contribution in [1.29, 1.82) is 0 Å². The zero-order valence-corrected chi connectivity index (χ0v) is 10.2. The van der Waals surface area contributed by atoms with Crippen molar-refractivity contribution < 1.29 is 19.1 Å². The maximum absolute atomic E-state index is 13.2. The minimum Gasteiger partial charge on any atom is -0.480 e. The summed E-state index contributed by atoms with van der Waals surface area (Å²) in [6.45, 7) is 1.36. The van der Waals surface area contributed by atoms with E-state index in [1.165, 1.54) is 36.9 Å². The van der Waals surface area contributed by atoms with Gasteiger partial charge in [-0.1, -0.05) is 0 Å². The number of hydrogen-bond acceptors (Lipinski definition) is 3. The molecule has 0 aliphatic carbocycles. The summed E-state index contributed by atoms with van der Waals surface area (Å²) in [6, 6.07) is 2.92. The van der Waals surface area contributed by atoms with Gasteiger partial charge in [-0.3, -0.25) is 9.59 Å². The molecule has 0 unspecified atom stereocenters. The third-order valence-corrected chi connectivity index (χ3v) is 2.88. The number of amides is 1. The molecule has 1 amide bonds. The molecule has 2 N–H and O–H groups in total. The molecule has 17 heavy (non-hydrogen) atoms. The zero-order chi connectivity index (χ0) is 13.0. The van der Waals surface area contributed by atoms with Gasteiger partial charge in [0.1, 0.15) is 11.9 Å². The van der Waals surface area contributed by atoms with Gasteiger partial charge in [-0.05, 0) is 31.4 Å². The molecule has 0 aromatic heterocycles. The number of nitrogens with one attached hydrogen (secondary N) is 1. The molecule has 0 saturated carbocycles. The van der Waals surface area contributed by atoms with Crippen LogP contribution in [0.4, 0.5) is 4.39 Å². The fourth-order valence-electron chi connectivity index (χ4n) is 1.14. The van der Waals surface area contributed by atoms with Gasteiger partial charge in [0.25, 0.3) is 5.91 Å². The van der Waals surface area contributed by atoms with Crippen molar-refractivity contribution in [3.63, 3.8) is 0 Å². The van der Waals surface area contributed by atoms with Crippen LogP contribution in [0.2, 0.25) is 0 Å². The van der Waals surface area contributed by atoms with Gasteiger partial charge in [0.15, 0.2) is 0 Å². The van der Waals surface area contributed by atoms with Crippen LogP contribution in [0, 0.1) is 5.82 Å². The van der Waals surface area contributed by atoms with Crippen molar-refractivity contribution in [3.8, 4) is 0 Å². The predicted molar refractivity (Wildman–Crippen MR) is 62.7 cm³/mol. The molecule has 0 saturated heterocycles. The van der Waals surface area contributed by atoms with E-state index in [-0.39, 0.29) is 5.56 Å². The topological polar surface area (TPSA) is 66.4 Å². The fourth-order valence-corrected chi connectivity index (χ4v) is 1.65. The number of rotatable bonds is 4. The van der Waals surface area contributed by atoms with Gasteiger partial charge in [0, 0.05) is 10.5 Å². The van der Waals surface area contributed by atoms with Gasteiger partial charge < -0.3 is 10.4 Å². The maximum atomic E-state index is 13.2. The summed E-state index contributed by atoms with van der Waals surface area (Å²) in [5.74, 6) is -2.05. The molecule has 0 heterocycles. The second-order valence-electron chi connectivity index (χ2n) is 3.38. The SMILES string of the molecule is CSc1cc(C(=O)N[C@H](C)C(=O)O)ccc1F. The molecule has 0 spiro atoms. The predicted octanol–water partition coefficient (Wildman–Crippen LogP) is 1.75. The first-order valence-corrected chi connectivity index (χ1v) is 6.05. The van der Waals surface area contributed by atoms with Crippen molar-refractivity contribution >= 4 is 23.6 Å². The second kappa shape index (κ2) is 5.67. The average Bonchev–Trinajstić information content (AvgIpc) is 2.29. The third-order valence-electron chi connectivity index (χ3n) is 2.13. The smallest absolute Gasteiger partial charge is 0.325 e. The van der Waals surface area contributed by atoms with E-state index >= 15 is 0 Å². The summed E-state index contributed by atoms with van der Waals surface area (Å²) in [4.78, 5) is 22.5. The van der Waals surface area contributed by atoms with E-state index in [4.69, 9.17) is 5.11 Å². The van der Waals surface area contributed by atoms with Crippen molar-refractivity contribution in [2.75, 3.05) is 6.26 Å². The lowest BCUT2D eigenvalue weighted by molar-refractivity contribution is -0.138. The zero-order valence-electron chi connectivity index (χ0n) is 9.36. The van der Waals surface area contributed by atoms with Crippen LogP contribution in [0.15, 0.2) is 23.1 Å². The maximum Gasteiger partial charge on any atom is 0.325 e. The van der Waals surface area contributed by atoms with Crippen LogP contribution in [0.5, 0.6) is 0 Å². The van der Waals surface area contributed by atoms with Gasteiger partial charge >= 0.3 is 5.97 Å². The first kappa shape index (κ1) is 13.5. The Morgan fingerprint density at radius 3 is 2.65 bits per heavy atom. The molecule has 0 radical (unpaired) electrons. The first-order chi connectivity index (χ1) is 7.95. The molecular formula is C11H12FNO3S. The van der Waals surface area contributed by atoms with Gasteiger partial charge in [0.2, 0.25) is 0 Å². The Balaban J connectivity index is 2.86. The Morgan fingerprint density at radius 2 is 2.12 bits per heavy atom. The summed E-state index contributed by atoms with van der Waals surface area (Å²) in [7, 11) is 0. The van der Waals surface area contributed by atoms with Gasteiger partial charge in [-0.25, -0.2) is 4.39 Å². The van der Waals surface area contributed by atoms with Crippen molar-refractivity contribution in [2.24, 2.45) is 0 Å². The lowest BCUT2D eigenvalue weighted by Gasteiger charge is -2.10. The number of carboxylic acids is 1. The van der Waals surface area contributed by atoms with Gasteiger partial charge in [0.05, 0.1) is 0 Å². The van der Waals surface area contributed by atoms with E-state index in [0.29, 0.717) is 4.90 Å². The number of carbonyl (C=O) groups is 2. The Hall–Kier alpha value is -1.56. The molecule has 0 aliphatic rings. The normalized spacial score (nSPS) is 11.9. The van der Waals surface area contributed by atoms with E-state index in [2.05, 4.69) is 5.32 Å². The molecular weight excluding hydrogens is 245 g/mol. The van der Waals surface area contributed by atoms with Crippen molar-refractivity contribution in [3.05, 3.63) is 29.6 Å².